The molecule has 0 atom stereocenters. The van der Waals surface area contributed by atoms with Crippen LogP contribution in [0.5, 0.6) is 5.75 Å². The van der Waals surface area contributed by atoms with Crippen molar-refractivity contribution in [3.63, 3.8) is 0 Å². The molecule has 1 saturated heterocycles. The van der Waals surface area contributed by atoms with Gasteiger partial charge in [-0.15, -0.1) is 0 Å². The second-order valence-corrected chi connectivity index (χ2v) is 8.70. The lowest BCUT2D eigenvalue weighted by Crippen LogP contribution is -2.46. The van der Waals surface area contributed by atoms with E-state index in [1.807, 2.05) is 54.3 Å². The Hall–Kier alpha value is -3.31. The van der Waals surface area contributed by atoms with Crippen molar-refractivity contribution in [1.82, 2.24) is 4.90 Å². The average molecular weight is 442 g/mol. The number of anilines is 2. The molecule has 0 spiro atoms. The maximum atomic E-state index is 13.2. The molecule has 33 heavy (non-hydrogen) atoms. The molecule has 0 aliphatic carbocycles. The molecule has 170 valence electrons. The van der Waals surface area contributed by atoms with Crippen LogP contribution in [0.1, 0.15) is 28.4 Å². The van der Waals surface area contributed by atoms with Crippen molar-refractivity contribution in [2.24, 2.45) is 0 Å². The smallest absolute Gasteiger partial charge is 0.258 e. The standard InChI is InChI=1S/C28H31N3O2/c1-2-33-27-13-6-5-12-26(27)30-18-16-29(17-19-30)21-22-8-7-10-24(20-22)28(32)31-15-14-23-9-3-4-11-25(23)31/h3-13,20H,2,14-19,21H2,1H3. The highest BCUT2D eigenvalue weighted by Crippen LogP contribution is 2.30. The van der Waals surface area contributed by atoms with Gasteiger partial charge in [0.2, 0.25) is 0 Å². The summed E-state index contributed by atoms with van der Waals surface area (Å²) in [5, 5.41) is 0. The number of fused-ring (bicyclic) bond motifs is 1. The number of carbonyl (C=O) groups is 1. The van der Waals surface area contributed by atoms with Gasteiger partial charge in [0.15, 0.2) is 0 Å². The minimum Gasteiger partial charge on any atom is -0.492 e. The maximum Gasteiger partial charge on any atom is 0.258 e. The van der Waals surface area contributed by atoms with E-state index in [4.69, 9.17) is 4.74 Å². The van der Waals surface area contributed by atoms with Gasteiger partial charge in [-0.25, -0.2) is 0 Å². The van der Waals surface area contributed by atoms with E-state index in [0.717, 1.165) is 62.7 Å². The van der Waals surface area contributed by atoms with Crippen molar-refractivity contribution >= 4 is 17.3 Å². The number of amides is 1. The van der Waals surface area contributed by atoms with Crippen molar-refractivity contribution < 1.29 is 9.53 Å². The number of carbonyl (C=O) groups excluding carboxylic acids is 1. The Bertz CT molecular complexity index is 1120. The Kier molecular flexibility index (Phi) is 6.31. The Morgan fingerprint density at radius 1 is 0.848 bits per heavy atom. The number of ether oxygens (including phenoxy) is 1. The number of piperazine rings is 1. The Morgan fingerprint density at radius 3 is 2.42 bits per heavy atom. The van der Waals surface area contributed by atoms with Crippen LogP contribution in [-0.4, -0.2) is 50.1 Å². The van der Waals surface area contributed by atoms with E-state index < -0.39 is 0 Å². The van der Waals surface area contributed by atoms with Gasteiger partial charge in [-0.1, -0.05) is 42.5 Å². The SMILES string of the molecule is CCOc1ccccc1N1CCN(Cc2cccc(C(=O)N3CCc4ccccc43)c2)CC1. The van der Waals surface area contributed by atoms with Crippen molar-refractivity contribution in [1.29, 1.82) is 0 Å². The summed E-state index contributed by atoms with van der Waals surface area (Å²) >= 11 is 0. The molecule has 3 aromatic carbocycles. The predicted octanol–water partition coefficient (Wildman–Crippen LogP) is 4.61. The molecule has 5 heteroatoms. The molecule has 2 aliphatic rings. The van der Waals surface area contributed by atoms with Crippen molar-refractivity contribution in [2.75, 3.05) is 49.1 Å². The van der Waals surface area contributed by atoms with E-state index in [0.29, 0.717) is 6.61 Å². The van der Waals surface area contributed by atoms with Crippen LogP contribution < -0.4 is 14.5 Å². The molecule has 2 aliphatic heterocycles. The van der Waals surface area contributed by atoms with Crippen LogP contribution in [0.3, 0.4) is 0 Å². The van der Waals surface area contributed by atoms with Crippen molar-refractivity contribution in [2.45, 2.75) is 19.9 Å². The van der Waals surface area contributed by atoms with Gasteiger partial charge in [-0.05, 0) is 54.8 Å². The molecule has 3 aromatic rings. The number of para-hydroxylation sites is 3. The molecular weight excluding hydrogens is 410 g/mol. The molecule has 5 rings (SSSR count). The predicted molar refractivity (Wildman–Crippen MR) is 133 cm³/mol. The van der Waals surface area contributed by atoms with E-state index in [2.05, 4.69) is 40.1 Å². The van der Waals surface area contributed by atoms with Gasteiger partial charge in [-0.2, -0.15) is 0 Å². The van der Waals surface area contributed by atoms with Gasteiger partial charge in [0.25, 0.3) is 5.91 Å². The van der Waals surface area contributed by atoms with E-state index in [9.17, 15) is 4.79 Å². The third-order valence-corrected chi connectivity index (χ3v) is 6.59. The second kappa shape index (κ2) is 9.67. The number of hydrogen-bond acceptors (Lipinski definition) is 4. The van der Waals surface area contributed by atoms with Crippen LogP contribution in [0.2, 0.25) is 0 Å². The molecule has 0 radical (unpaired) electrons. The molecule has 5 nitrogen and oxygen atoms in total. The molecule has 0 aromatic heterocycles. The summed E-state index contributed by atoms with van der Waals surface area (Å²) in [5.41, 5.74) is 5.45. The highest BCUT2D eigenvalue weighted by molar-refractivity contribution is 6.07. The molecular formula is C28H31N3O2. The van der Waals surface area contributed by atoms with E-state index >= 15 is 0 Å². The van der Waals surface area contributed by atoms with Crippen molar-refractivity contribution in [3.05, 3.63) is 89.5 Å². The number of hydrogen-bond donors (Lipinski definition) is 0. The summed E-state index contributed by atoms with van der Waals surface area (Å²) in [6.07, 6.45) is 0.929. The van der Waals surface area contributed by atoms with Gasteiger partial charge in [-0.3, -0.25) is 9.69 Å². The van der Waals surface area contributed by atoms with Crippen LogP contribution in [0.4, 0.5) is 11.4 Å². The zero-order chi connectivity index (χ0) is 22.6. The topological polar surface area (TPSA) is 36.0 Å². The van der Waals surface area contributed by atoms with Gasteiger partial charge in [0.1, 0.15) is 5.75 Å². The van der Waals surface area contributed by atoms with Crippen LogP contribution in [0.15, 0.2) is 72.8 Å². The Morgan fingerprint density at radius 2 is 1.61 bits per heavy atom. The van der Waals surface area contributed by atoms with Gasteiger partial charge >= 0.3 is 0 Å². The summed E-state index contributed by atoms with van der Waals surface area (Å²) < 4.78 is 5.82. The quantitative estimate of drug-likeness (QED) is 0.560. The molecule has 0 bridgehead atoms. The third kappa shape index (κ3) is 4.60. The first-order valence-corrected chi connectivity index (χ1v) is 11.9. The van der Waals surface area contributed by atoms with E-state index in [1.165, 1.54) is 16.8 Å². The van der Waals surface area contributed by atoms with Gasteiger partial charge in [0.05, 0.1) is 12.3 Å². The Labute approximate surface area is 196 Å². The van der Waals surface area contributed by atoms with E-state index in [-0.39, 0.29) is 5.91 Å². The number of nitrogens with zero attached hydrogens (tertiary/aromatic N) is 3. The summed E-state index contributed by atoms with van der Waals surface area (Å²) in [5.74, 6) is 1.06. The number of rotatable bonds is 6. The first kappa shape index (κ1) is 21.5. The lowest BCUT2D eigenvalue weighted by Gasteiger charge is -2.36. The summed E-state index contributed by atoms with van der Waals surface area (Å²) in [4.78, 5) is 20.0. The summed E-state index contributed by atoms with van der Waals surface area (Å²) in [7, 11) is 0. The van der Waals surface area contributed by atoms with Gasteiger partial charge in [0, 0.05) is 50.5 Å². The van der Waals surface area contributed by atoms with Gasteiger partial charge < -0.3 is 14.5 Å². The summed E-state index contributed by atoms with van der Waals surface area (Å²) in [6.45, 7) is 8.22. The fourth-order valence-corrected chi connectivity index (χ4v) is 4.91. The minimum atomic E-state index is 0.0964. The molecule has 0 saturated carbocycles. The lowest BCUT2D eigenvalue weighted by atomic mass is 10.1. The van der Waals surface area contributed by atoms with Crippen LogP contribution in [0.25, 0.3) is 0 Å². The molecule has 1 amide bonds. The molecule has 1 fully saturated rings. The fourth-order valence-electron chi connectivity index (χ4n) is 4.91. The normalized spacial score (nSPS) is 16.0. The van der Waals surface area contributed by atoms with Crippen LogP contribution in [-0.2, 0) is 13.0 Å². The van der Waals surface area contributed by atoms with Crippen molar-refractivity contribution in [3.8, 4) is 5.75 Å². The lowest BCUT2D eigenvalue weighted by molar-refractivity contribution is 0.0989. The zero-order valence-corrected chi connectivity index (χ0v) is 19.2. The monoisotopic (exact) mass is 441 g/mol. The highest BCUT2D eigenvalue weighted by atomic mass is 16.5. The number of benzene rings is 3. The zero-order valence-electron chi connectivity index (χ0n) is 19.2. The Balaban J connectivity index is 1.22. The third-order valence-electron chi connectivity index (χ3n) is 6.59. The van der Waals surface area contributed by atoms with Crippen LogP contribution in [0, 0.1) is 0 Å². The minimum absolute atomic E-state index is 0.0964. The molecule has 0 unspecified atom stereocenters. The summed E-state index contributed by atoms with van der Waals surface area (Å²) in [6, 6.07) is 24.7. The second-order valence-electron chi connectivity index (χ2n) is 8.70. The largest absolute Gasteiger partial charge is 0.492 e. The maximum absolute atomic E-state index is 13.2. The average Bonchev–Trinajstić information content (AvgIpc) is 3.29. The fraction of sp³-hybridized carbons (Fsp3) is 0.321. The molecule has 0 N–H and O–H groups in total. The highest BCUT2D eigenvalue weighted by Gasteiger charge is 2.25. The molecule has 2 heterocycles. The first-order valence-electron chi connectivity index (χ1n) is 11.9. The van der Waals surface area contributed by atoms with Crippen LogP contribution >= 0.6 is 0 Å². The van der Waals surface area contributed by atoms with E-state index in [1.54, 1.807) is 0 Å². The first-order chi connectivity index (χ1) is 16.2.